The van der Waals surface area contributed by atoms with Gasteiger partial charge in [0.15, 0.2) is 0 Å². The van der Waals surface area contributed by atoms with E-state index in [1.807, 2.05) is 47.4 Å². The lowest BCUT2D eigenvalue weighted by molar-refractivity contribution is -0.131. The van der Waals surface area contributed by atoms with Gasteiger partial charge in [0.25, 0.3) is 0 Å². The molecule has 0 saturated carbocycles. The number of rotatable bonds is 8. The Kier molecular flexibility index (Phi) is 7.94. The van der Waals surface area contributed by atoms with Gasteiger partial charge in [0, 0.05) is 30.6 Å². The van der Waals surface area contributed by atoms with Crippen molar-refractivity contribution in [3.8, 4) is 5.75 Å². The molecule has 6 heteroatoms. The molecule has 0 atom stereocenters. The fraction of sp³-hybridized carbons (Fsp3) is 0.391. The molecule has 1 aliphatic rings. The SMILES string of the molecule is O=C(CCCOc1ccccc1)NC1CCN(C(=O)Cc2ccc(Cl)cc2)CC1. The number of amides is 2. The molecular weight excluding hydrogens is 388 g/mol. The van der Waals surface area contributed by atoms with E-state index in [2.05, 4.69) is 5.32 Å². The van der Waals surface area contributed by atoms with Crippen molar-refractivity contribution in [3.63, 3.8) is 0 Å². The fourth-order valence-corrected chi connectivity index (χ4v) is 3.53. The van der Waals surface area contributed by atoms with Gasteiger partial charge in [0.05, 0.1) is 13.0 Å². The van der Waals surface area contributed by atoms with Gasteiger partial charge in [-0.2, -0.15) is 0 Å². The zero-order valence-corrected chi connectivity index (χ0v) is 17.2. The van der Waals surface area contributed by atoms with Crippen LogP contribution in [0.5, 0.6) is 5.75 Å². The van der Waals surface area contributed by atoms with Crippen LogP contribution < -0.4 is 10.1 Å². The van der Waals surface area contributed by atoms with Crippen LogP contribution in [0.2, 0.25) is 5.02 Å². The molecule has 1 N–H and O–H groups in total. The van der Waals surface area contributed by atoms with E-state index in [9.17, 15) is 9.59 Å². The number of piperidine rings is 1. The Bertz CT molecular complexity index is 788. The number of nitrogens with zero attached hydrogens (tertiary/aromatic N) is 1. The molecule has 2 aromatic rings. The first-order valence-corrected chi connectivity index (χ1v) is 10.5. The third kappa shape index (κ3) is 7.09. The number of hydrogen-bond donors (Lipinski definition) is 1. The maximum absolute atomic E-state index is 12.5. The molecule has 0 aromatic heterocycles. The molecule has 0 spiro atoms. The normalized spacial score (nSPS) is 14.4. The topological polar surface area (TPSA) is 58.6 Å². The van der Waals surface area contributed by atoms with Crippen molar-refractivity contribution in [2.45, 2.75) is 38.1 Å². The minimum absolute atomic E-state index is 0.0487. The summed E-state index contributed by atoms with van der Waals surface area (Å²) in [5.41, 5.74) is 0.965. The maximum Gasteiger partial charge on any atom is 0.226 e. The van der Waals surface area contributed by atoms with Crippen molar-refractivity contribution in [1.82, 2.24) is 10.2 Å². The summed E-state index contributed by atoms with van der Waals surface area (Å²) in [7, 11) is 0. The summed E-state index contributed by atoms with van der Waals surface area (Å²) in [6.45, 7) is 1.87. The Balaban J connectivity index is 1.31. The molecule has 3 rings (SSSR count). The summed E-state index contributed by atoms with van der Waals surface area (Å²) >= 11 is 5.89. The Morgan fingerprint density at radius 1 is 1.03 bits per heavy atom. The first kappa shape index (κ1) is 21.2. The second-order valence-electron chi connectivity index (χ2n) is 7.29. The van der Waals surface area contributed by atoms with Gasteiger partial charge in [-0.3, -0.25) is 9.59 Å². The second kappa shape index (κ2) is 10.9. The van der Waals surface area contributed by atoms with Crippen LogP contribution in [-0.4, -0.2) is 42.5 Å². The molecule has 0 aliphatic carbocycles. The minimum Gasteiger partial charge on any atom is -0.494 e. The standard InChI is InChI=1S/C23H27ClN2O3/c24-19-10-8-18(9-11-19)17-23(28)26-14-12-20(13-15-26)25-22(27)7-4-16-29-21-5-2-1-3-6-21/h1-3,5-6,8-11,20H,4,7,12-17H2,(H,25,27). The molecule has 0 radical (unpaired) electrons. The summed E-state index contributed by atoms with van der Waals surface area (Å²) in [6.07, 6.45) is 3.09. The van der Waals surface area contributed by atoms with Crippen LogP contribution in [0, 0.1) is 0 Å². The number of ether oxygens (including phenoxy) is 1. The van der Waals surface area contributed by atoms with E-state index in [-0.39, 0.29) is 17.9 Å². The van der Waals surface area contributed by atoms with Crippen LogP contribution in [0.25, 0.3) is 0 Å². The van der Waals surface area contributed by atoms with Crippen LogP contribution in [0.1, 0.15) is 31.2 Å². The van der Waals surface area contributed by atoms with Crippen LogP contribution in [0.3, 0.4) is 0 Å². The minimum atomic E-state index is 0.0487. The summed E-state index contributed by atoms with van der Waals surface area (Å²) in [6, 6.07) is 17.1. The lowest BCUT2D eigenvalue weighted by atomic mass is 10.0. The quantitative estimate of drug-likeness (QED) is 0.667. The van der Waals surface area contributed by atoms with Gasteiger partial charge in [0.2, 0.25) is 11.8 Å². The summed E-state index contributed by atoms with van der Waals surface area (Å²) in [5, 5.41) is 3.76. The third-order valence-electron chi connectivity index (χ3n) is 5.04. The van der Waals surface area contributed by atoms with Gasteiger partial charge in [-0.1, -0.05) is 41.9 Å². The number of halogens is 1. The molecule has 1 fully saturated rings. The lowest BCUT2D eigenvalue weighted by Crippen LogP contribution is -2.47. The van der Waals surface area contributed by atoms with Crippen LogP contribution in [0.4, 0.5) is 0 Å². The van der Waals surface area contributed by atoms with E-state index in [0.717, 1.165) is 24.2 Å². The Morgan fingerprint density at radius 3 is 2.41 bits per heavy atom. The van der Waals surface area contributed by atoms with Crippen molar-refractivity contribution in [2.75, 3.05) is 19.7 Å². The van der Waals surface area contributed by atoms with Crippen molar-refractivity contribution in [2.24, 2.45) is 0 Å². The number of benzene rings is 2. The van der Waals surface area contributed by atoms with Gasteiger partial charge >= 0.3 is 0 Å². The maximum atomic E-state index is 12.5. The molecule has 5 nitrogen and oxygen atoms in total. The average Bonchev–Trinajstić information content (AvgIpc) is 2.74. The molecule has 1 aliphatic heterocycles. The van der Waals surface area contributed by atoms with Gasteiger partial charge in [-0.25, -0.2) is 0 Å². The van der Waals surface area contributed by atoms with E-state index in [0.29, 0.717) is 44.0 Å². The van der Waals surface area contributed by atoms with E-state index < -0.39 is 0 Å². The highest BCUT2D eigenvalue weighted by Crippen LogP contribution is 2.15. The van der Waals surface area contributed by atoms with Crippen LogP contribution in [-0.2, 0) is 16.0 Å². The van der Waals surface area contributed by atoms with E-state index in [1.54, 1.807) is 12.1 Å². The number of carbonyl (C=O) groups is 2. The summed E-state index contributed by atoms with van der Waals surface area (Å²) < 4.78 is 5.61. The third-order valence-corrected chi connectivity index (χ3v) is 5.29. The number of hydrogen-bond acceptors (Lipinski definition) is 3. The van der Waals surface area contributed by atoms with Gasteiger partial charge in [-0.05, 0) is 49.1 Å². The average molecular weight is 415 g/mol. The van der Waals surface area contributed by atoms with Gasteiger partial charge in [-0.15, -0.1) is 0 Å². The number of para-hydroxylation sites is 1. The van der Waals surface area contributed by atoms with Crippen molar-refractivity contribution >= 4 is 23.4 Å². The Hall–Kier alpha value is -2.53. The smallest absolute Gasteiger partial charge is 0.226 e. The summed E-state index contributed by atoms with van der Waals surface area (Å²) in [4.78, 5) is 26.5. The Labute approximate surface area is 177 Å². The number of nitrogens with one attached hydrogen (secondary N) is 1. The fourth-order valence-electron chi connectivity index (χ4n) is 3.40. The largest absolute Gasteiger partial charge is 0.494 e. The van der Waals surface area contributed by atoms with E-state index >= 15 is 0 Å². The molecule has 1 heterocycles. The Morgan fingerprint density at radius 2 is 1.72 bits per heavy atom. The highest BCUT2D eigenvalue weighted by Gasteiger charge is 2.23. The molecule has 1 saturated heterocycles. The number of likely N-dealkylation sites (tertiary alicyclic amines) is 1. The molecule has 0 unspecified atom stereocenters. The van der Waals surface area contributed by atoms with Crippen LogP contribution in [0.15, 0.2) is 54.6 Å². The molecule has 154 valence electrons. The number of carbonyl (C=O) groups excluding carboxylic acids is 2. The second-order valence-corrected chi connectivity index (χ2v) is 7.73. The van der Waals surface area contributed by atoms with Crippen molar-refractivity contribution in [1.29, 1.82) is 0 Å². The van der Waals surface area contributed by atoms with E-state index in [1.165, 1.54) is 0 Å². The molecule has 2 amide bonds. The first-order valence-electron chi connectivity index (χ1n) is 10.1. The first-order chi connectivity index (χ1) is 14.1. The van der Waals surface area contributed by atoms with Crippen LogP contribution >= 0.6 is 11.6 Å². The molecule has 2 aromatic carbocycles. The van der Waals surface area contributed by atoms with Gasteiger partial charge < -0.3 is 15.0 Å². The zero-order valence-electron chi connectivity index (χ0n) is 16.5. The van der Waals surface area contributed by atoms with Crippen molar-refractivity contribution < 1.29 is 14.3 Å². The zero-order chi connectivity index (χ0) is 20.5. The predicted molar refractivity (Wildman–Crippen MR) is 114 cm³/mol. The lowest BCUT2D eigenvalue weighted by Gasteiger charge is -2.32. The van der Waals surface area contributed by atoms with Crippen molar-refractivity contribution in [3.05, 3.63) is 65.2 Å². The highest BCUT2D eigenvalue weighted by molar-refractivity contribution is 6.30. The monoisotopic (exact) mass is 414 g/mol. The highest BCUT2D eigenvalue weighted by atomic mass is 35.5. The molecule has 29 heavy (non-hydrogen) atoms. The molecular formula is C23H27ClN2O3. The van der Waals surface area contributed by atoms with E-state index in [4.69, 9.17) is 16.3 Å². The predicted octanol–water partition coefficient (Wildman–Crippen LogP) is 3.85. The summed E-state index contributed by atoms with van der Waals surface area (Å²) in [5.74, 6) is 0.992. The molecule has 0 bridgehead atoms. The van der Waals surface area contributed by atoms with Gasteiger partial charge in [0.1, 0.15) is 5.75 Å².